The minimum atomic E-state index is -1.55. The number of carbonyl (C=O) groups excluding carboxylic acids is 3. The van der Waals surface area contributed by atoms with Crippen molar-refractivity contribution in [3.8, 4) is 11.5 Å². The second-order valence-electron chi connectivity index (χ2n) is 10.9. The molecule has 0 saturated carbocycles. The van der Waals surface area contributed by atoms with Crippen LogP contribution in [0.15, 0.2) is 54.6 Å². The summed E-state index contributed by atoms with van der Waals surface area (Å²) in [5.41, 5.74) is 0.643. The second-order valence-corrected chi connectivity index (χ2v) is 11.4. The maximum atomic E-state index is 14.9. The summed E-state index contributed by atoms with van der Waals surface area (Å²) < 4.78 is 11.0. The van der Waals surface area contributed by atoms with E-state index in [1.54, 1.807) is 37.4 Å². The molecule has 0 radical (unpaired) electrons. The molecule has 2 N–H and O–H groups in total. The van der Waals surface area contributed by atoms with Gasteiger partial charge in [0.25, 0.3) is 5.91 Å². The molecule has 4 heterocycles. The first-order valence-corrected chi connectivity index (χ1v) is 13.7. The van der Waals surface area contributed by atoms with E-state index in [0.717, 1.165) is 12.0 Å². The Morgan fingerprint density at radius 2 is 1.80 bits per heavy atom. The molecule has 3 aromatic carbocycles. The van der Waals surface area contributed by atoms with E-state index in [0.29, 0.717) is 57.6 Å². The van der Waals surface area contributed by atoms with Crippen LogP contribution in [0, 0.1) is 12.8 Å². The van der Waals surface area contributed by atoms with Gasteiger partial charge in [-0.15, -0.1) is 0 Å². The van der Waals surface area contributed by atoms with Crippen molar-refractivity contribution in [2.75, 3.05) is 31.4 Å². The lowest BCUT2D eigenvalue weighted by molar-refractivity contribution is -0.137. The van der Waals surface area contributed by atoms with Gasteiger partial charge in [-0.05, 0) is 67.8 Å². The Morgan fingerprint density at radius 1 is 1.00 bits per heavy atom. The molecule has 40 heavy (non-hydrogen) atoms. The highest BCUT2D eigenvalue weighted by atomic mass is 35.5. The number of hydrogen-bond acceptors (Lipinski definition) is 6. The first-order chi connectivity index (χ1) is 19.3. The van der Waals surface area contributed by atoms with Gasteiger partial charge >= 0.3 is 0 Å². The molecule has 0 bridgehead atoms. The zero-order chi connectivity index (χ0) is 28.0. The number of halogens is 1. The predicted octanol–water partition coefficient (Wildman–Crippen LogP) is 4.68. The zero-order valence-electron chi connectivity index (χ0n) is 22.3. The van der Waals surface area contributed by atoms with Gasteiger partial charge in [-0.2, -0.15) is 0 Å². The molecule has 2 saturated heterocycles. The van der Waals surface area contributed by atoms with E-state index in [-0.39, 0.29) is 23.6 Å². The number of nitrogens with zero attached hydrogens (tertiary/aromatic N) is 1. The predicted molar refractivity (Wildman–Crippen MR) is 150 cm³/mol. The molecule has 4 aliphatic rings. The third-order valence-electron chi connectivity index (χ3n) is 9.32. The first kappa shape index (κ1) is 25.1. The number of hydrogen-bond donors (Lipinski definition) is 2. The molecular weight excluding hydrogens is 530 g/mol. The van der Waals surface area contributed by atoms with Crippen molar-refractivity contribution < 1.29 is 23.9 Å². The van der Waals surface area contributed by atoms with Crippen molar-refractivity contribution in [3.63, 3.8) is 0 Å². The highest BCUT2D eigenvalue weighted by Gasteiger charge is 2.81. The van der Waals surface area contributed by atoms with Crippen LogP contribution in [0.25, 0.3) is 0 Å². The highest BCUT2D eigenvalue weighted by Crippen LogP contribution is 2.68. The van der Waals surface area contributed by atoms with Gasteiger partial charge in [0.2, 0.25) is 5.91 Å². The Kier molecular flexibility index (Phi) is 5.37. The normalized spacial score (nSPS) is 27.9. The van der Waals surface area contributed by atoms with E-state index >= 15 is 0 Å². The van der Waals surface area contributed by atoms with Gasteiger partial charge in [-0.1, -0.05) is 29.8 Å². The number of rotatable bonds is 4. The Labute approximate surface area is 236 Å². The van der Waals surface area contributed by atoms with Gasteiger partial charge in [0, 0.05) is 34.1 Å². The Morgan fingerprint density at radius 3 is 2.58 bits per heavy atom. The van der Waals surface area contributed by atoms with Crippen LogP contribution in [-0.4, -0.2) is 49.3 Å². The number of para-hydroxylation sites is 1. The van der Waals surface area contributed by atoms with Gasteiger partial charge < -0.3 is 20.1 Å². The standard InChI is InChI=1S/C31H28ClN3O5/c1-16-13-17(32)14-21-26(16)34-29(38)31(21)30(20-7-4-5-8-22(20)33-28(30)37)25(23-9-6-12-35(23)31)27(36)19-11-10-18(39-2)15-24(19)40-3/h4-5,7-8,10-11,13-15,23,25H,6,9,12H2,1-3H3,(H,33,37)(H,34,38). The minimum absolute atomic E-state index is 0.250. The van der Waals surface area contributed by atoms with E-state index in [1.807, 2.05) is 31.2 Å². The van der Waals surface area contributed by atoms with E-state index < -0.39 is 16.9 Å². The molecule has 2 spiro atoms. The largest absolute Gasteiger partial charge is 0.497 e. The fourth-order valence-corrected chi connectivity index (χ4v) is 8.25. The fourth-order valence-electron chi connectivity index (χ4n) is 7.98. The van der Waals surface area contributed by atoms with E-state index in [4.69, 9.17) is 21.1 Å². The second kappa shape index (κ2) is 8.56. The van der Waals surface area contributed by atoms with Gasteiger partial charge in [0.05, 0.1) is 25.7 Å². The van der Waals surface area contributed by atoms with Crippen molar-refractivity contribution in [1.29, 1.82) is 0 Å². The number of ketones is 1. The average molecular weight is 558 g/mol. The number of amides is 2. The van der Waals surface area contributed by atoms with Crippen molar-refractivity contribution >= 4 is 40.6 Å². The van der Waals surface area contributed by atoms with Crippen LogP contribution in [-0.2, 0) is 20.5 Å². The number of ether oxygens (including phenoxy) is 2. The van der Waals surface area contributed by atoms with Crippen molar-refractivity contribution in [1.82, 2.24) is 4.90 Å². The highest BCUT2D eigenvalue weighted by molar-refractivity contribution is 6.31. The molecule has 0 aliphatic carbocycles. The fraction of sp³-hybridized carbons (Fsp3) is 0.323. The van der Waals surface area contributed by atoms with E-state index in [1.165, 1.54) is 7.11 Å². The van der Waals surface area contributed by atoms with Crippen LogP contribution in [0.5, 0.6) is 11.5 Å². The Balaban J connectivity index is 1.58. The molecule has 4 aliphatic heterocycles. The van der Waals surface area contributed by atoms with Crippen molar-refractivity contribution in [2.24, 2.45) is 5.92 Å². The number of Topliss-reactive ketones (excluding diaryl/α,β-unsaturated/α-hetero) is 1. The lowest BCUT2D eigenvalue weighted by Crippen LogP contribution is -2.62. The summed E-state index contributed by atoms with van der Waals surface area (Å²) in [5, 5.41) is 6.63. The average Bonchev–Trinajstić information content (AvgIpc) is 3.67. The van der Waals surface area contributed by atoms with Gasteiger partial charge in [-0.25, -0.2) is 0 Å². The summed E-state index contributed by atoms with van der Waals surface area (Å²) in [5.74, 6) is -0.909. The molecule has 7 rings (SSSR count). The summed E-state index contributed by atoms with van der Waals surface area (Å²) >= 11 is 6.62. The summed E-state index contributed by atoms with van der Waals surface area (Å²) in [6.07, 6.45) is 1.45. The van der Waals surface area contributed by atoms with Gasteiger partial charge in [-0.3, -0.25) is 19.3 Å². The third-order valence-corrected chi connectivity index (χ3v) is 9.54. The maximum absolute atomic E-state index is 14.9. The number of methoxy groups -OCH3 is 2. The van der Waals surface area contributed by atoms with Crippen LogP contribution in [0.1, 0.15) is 39.9 Å². The molecule has 8 nitrogen and oxygen atoms in total. The van der Waals surface area contributed by atoms with E-state index in [9.17, 15) is 14.4 Å². The van der Waals surface area contributed by atoms with E-state index in [2.05, 4.69) is 15.5 Å². The number of nitrogens with one attached hydrogen (secondary N) is 2. The lowest BCUT2D eigenvalue weighted by Gasteiger charge is -2.43. The minimum Gasteiger partial charge on any atom is -0.497 e. The monoisotopic (exact) mass is 557 g/mol. The molecule has 2 amide bonds. The van der Waals surface area contributed by atoms with Crippen LogP contribution in [0.4, 0.5) is 11.4 Å². The smallest absolute Gasteiger partial charge is 0.251 e. The van der Waals surface area contributed by atoms with Crippen molar-refractivity contribution in [2.45, 2.75) is 36.8 Å². The van der Waals surface area contributed by atoms with Gasteiger partial charge in [0.1, 0.15) is 22.5 Å². The third kappa shape index (κ3) is 2.82. The van der Waals surface area contributed by atoms with Crippen LogP contribution in [0.3, 0.4) is 0 Å². The number of aryl methyl sites for hydroxylation is 1. The molecule has 9 heteroatoms. The summed E-state index contributed by atoms with van der Waals surface area (Å²) in [6.45, 7) is 2.45. The SMILES string of the molecule is COc1ccc(C(=O)C2C3CCCN3C3(C(=O)Nc4c(C)cc(Cl)cc43)C23C(=O)Nc2ccccc23)c(OC)c1. The van der Waals surface area contributed by atoms with Crippen molar-refractivity contribution in [3.05, 3.63) is 81.9 Å². The lowest BCUT2D eigenvalue weighted by atomic mass is 9.57. The summed E-state index contributed by atoms with van der Waals surface area (Å²) in [7, 11) is 3.05. The number of benzene rings is 3. The topological polar surface area (TPSA) is 97.0 Å². The number of fused-ring (bicyclic) bond motifs is 7. The Hall–Kier alpha value is -3.88. The molecule has 0 aromatic heterocycles. The number of carbonyl (C=O) groups is 3. The summed E-state index contributed by atoms with van der Waals surface area (Å²) in [6, 6.07) is 15.7. The molecule has 3 aromatic rings. The molecule has 204 valence electrons. The van der Waals surface area contributed by atoms with Gasteiger partial charge in [0.15, 0.2) is 5.78 Å². The van der Waals surface area contributed by atoms with Crippen LogP contribution < -0.4 is 20.1 Å². The zero-order valence-corrected chi connectivity index (χ0v) is 23.1. The summed E-state index contributed by atoms with van der Waals surface area (Å²) in [4.78, 5) is 46.2. The first-order valence-electron chi connectivity index (χ1n) is 13.4. The van der Waals surface area contributed by atoms with Crippen LogP contribution >= 0.6 is 11.6 Å². The molecule has 4 atom stereocenters. The quantitative estimate of drug-likeness (QED) is 0.452. The van der Waals surface area contributed by atoms with Crippen LogP contribution in [0.2, 0.25) is 5.02 Å². The maximum Gasteiger partial charge on any atom is 0.251 e. The Bertz CT molecular complexity index is 1640. The molecular formula is C31H28ClN3O5. The molecule has 4 unspecified atom stereocenters. The molecule has 2 fully saturated rings. The number of anilines is 2.